The van der Waals surface area contributed by atoms with Crippen LogP contribution in [-0.4, -0.2) is 52.6 Å². The predicted octanol–water partition coefficient (Wildman–Crippen LogP) is 1.80. The standard InChI is InChI=1S/C17H20F3N5O3/c1-11-9-27-5-4-23(11)14-6-15(26)24-3-2-13(17(18,19)20)25(16(24)22-14)8-12-7-21-10-28-12/h6-7,10-11,13H,2-5,8-9H2,1H3. The minimum absolute atomic E-state index is 0.00818. The van der Waals surface area contributed by atoms with Crippen molar-refractivity contribution in [3.05, 3.63) is 34.8 Å². The largest absolute Gasteiger partial charge is 0.447 e. The lowest BCUT2D eigenvalue weighted by Crippen LogP contribution is -2.52. The van der Waals surface area contributed by atoms with E-state index in [0.29, 0.717) is 25.6 Å². The van der Waals surface area contributed by atoms with Crippen LogP contribution in [0.2, 0.25) is 0 Å². The summed E-state index contributed by atoms with van der Waals surface area (Å²) < 4.78 is 52.9. The van der Waals surface area contributed by atoms with Gasteiger partial charge in [-0.25, -0.2) is 4.98 Å². The summed E-state index contributed by atoms with van der Waals surface area (Å²) in [5.74, 6) is 0.616. The van der Waals surface area contributed by atoms with Gasteiger partial charge in [-0.1, -0.05) is 0 Å². The zero-order valence-electron chi connectivity index (χ0n) is 15.2. The highest BCUT2D eigenvalue weighted by Crippen LogP contribution is 2.35. The molecule has 2 aliphatic rings. The number of halogens is 3. The van der Waals surface area contributed by atoms with Gasteiger partial charge in [0.15, 0.2) is 6.39 Å². The normalized spacial score (nSPS) is 23.0. The number of aromatic nitrogens is 3. The molecule has 0 aromatic carbocycles. The first-order chi connectivity index (χ1) is 13.3. The Bertz CT molecular complexity index is 883. The summed E-state index contributed by atoms with van der Waals surface area (Å²) in [4.78, 5) is 23.9. The molecule has 1 fully saturated rings. The molecule has 8 nitrogen and oxygen atoms in total. The average Bonchev–Trinajstić information content (AvgIpc) is 3.14. The van der Waals surface area contributed by atoms with Gasteiger partial charge in [0.2, 0.25) is 5.95 Å². The summed E-state index contributed by atoms with van der Waals surface area (Å²) in [7, 11) is 0. The van der Waals surface area contributed by atoms with Crippen LogP contribution in [0.15, 0.2) is 27.9 Å². The number of hydrogen-bond acceptors (Lipinski definition) is 7. The molecule has 11 heteroatoms. The second-order valence-electron chi connectivity index (χ2n) is 6.96. The zero-order chi connectivity index (χ0) is 19.9. The number of hydrogen-bond donors (Lipinski definition) is 0. The number of anilines is 2. The molecule has 0 saturated carbocycles. The molecule has 152 valence electrons. The molecule has 2 aromatic rings. The van der Waals surface area contributed by atoms with E-state index in [-0.39, 0.29) is 42.8 Å². The second-order valence-corrected chi connectivity index (χ2v) is 6.96. The van der Waals surface area contributed by atoms with E-state index >= 15 is 0 Å². The Balaban J connectivity index is 1.78. The van der Waals surface area contributed by atoms with E-state index in [1.807, 2.05) is 11.8 Å². The van der Waals surface area contributed by atoms with Crippen molar-refractivity contribution in [1.82, 2.24) is 14.5 Å². The van der Waals surface area contributed by atoms with Crippen LogP contribution in [0.1, 0.15) is 19.1 Å². The first-order valence-corrected chi connectivity index (χ1v) is 9.01. The molecule has 0 aliphatic carbocycles. The van der Waals surface area contributed by atoms with Gasteiger partial charge in [0, 0.05) is 19.2 Å². The molecule has 0 spiro atoms. The molecule has 2 aliphatic heterocycles. The van der Waals surface area contributed by atoms with Crippen LogP contribution in [0.4, 0.5) is 24.9 Å². The third-order valence-corrected chi connectivity index (χ3v) is 5.08. The highest BCUT2D eigenvalue weighted by Gasteiger charge is 2.47. The van der Waals surface area contributed by atoms with E-state index in [9.17, 15) is 18.0 Å². The molecule has 4 rings (SSSR count). The van der Waals surface area contributed by atoms with E-state index in [2.05, 4.69) is 9.97 Å². The van der Waals surface area contributed by atoms with Crippen molar-refractivity contribution in [3.8, 4) is 0 Å². The average molecular weight is 399 g/mol. The van der Waals surface area contributed by atoms with Crippen molar-refractivity contribution in [1.29, 1.82) is 0 Å². The van der Waals surface area contributed by atoms with E-state index < -0.39 is 12.2 Å². The molecular formula is C17H20F3N5O3. The number of fused-ring (bicyclic) bond motifs is 1. The van der Waals surface area contributed by atoms with Crippen molar-refractivity contribution in [2.45, 2.75) is 44.7 Å². The van der Waals surface area contributed by atoms with Gasteiger partial charge in [0.1, 0.15) is 17.6 Å². The lowest BCUT2D eigenvalue weighted by Gasteiger charge is -2.40. The zero-order valence-corrected chi connectivity index (χ0v) is 15.2. The van der Waals surface area contributed by atoms with E-state index in [1.54, 1.807) is 0 Å². The molecule has 0 amide bonds. The molecule has 2 atom stereocenters. The molecule has 28 heavy (non-hydrogen) atoms. The number of alkyl halides is 3. The smallest absolute Gasteiger partial charge is 0.408 e. The van der Waals surface area contributed by atoms with Gasteiger partial charge in [-0.3, -0.25) is 9.36 Å². The van der Waals surface area contributed by atoms with Crippen LogP contribution in [0.5, 0.6) is 0 Å². The molecule has 2 unspecified atom stereocenters. The first kappa shape index (κ1) is 18.8. The fourth-order valence-electron chi connectivity index (χ4n) is 3.68. The quantitative estimate of drug-likeness (QED) is 0.779. The minimum Gasteiger partial charge on any atom is -0.447 e. The maximum absolute atomic E-state index is 13.7. The molecule has 0 N–H and O–H groups in total. The summed E-state index contributed by atoms with van der Waals surface area (Å²) in [6, 6.07) is -0.415. The minimum atomic E-state index is -4.47. The Morgan fingerprint density at radius 3 is 2.82 bits per heavy atom. The fraction of sp³-hybridized carbons (Fsp3) is 0.588. The number of oxazole rings is 1. The van der Waals surface area contributed by atoms with Crippen molar-refractivity contribution in [2.24, 2.45) is 0 Å². The Morgan fingerprint density at radius 2 is 2.14 bits per heavy atom. The van der Waals surface area contributed by atoms with Crippen LogP contribution in [0.25, 0.3) is 0 Å². The lowest BCUT2D eigenvalue weighted by atomic mass is 10.1. The van der Waals surface area contributed by atoms with Crippen molar-refractivity contribution in [2.75, 3.05) is 29.6 Å². The van der Waals surface area contributed by atoms with Crippen LogP contribution in [0, 0.1) is 0 Å². The number of morpholine rings is 1. The Labute approximate surface area is 158 Å². The second kappa shape index (κ2) is 7.12. The summed E-state index contributed by atoms with van der Waals surface area (Å²) >= 11 is 0. The molecule has 1 saturated heterocycles. The number of rotatable bonds is 3. The van der Waals surface area contributed by atoms with Crippen molar-refractivity contribution in [3.63, 3.8) is 0 Å². The van der Waals surface area contributed by atoms with Gasteiger partial charge in [-0.05, 0) is 13.3 Å². The summed E-state index contributed by atoms with van der Waals surface area (Å²) in [6.07, 6.45) is -2.18. The van der Waals surface area contributed by atoms with Crippen molar-refractivity contribution >= 4 is 11.8 Å². The van der Waals surface area contributed by atoms with Gasteiger partial charge < -0.3 is 19.0 Å². The maximum atomic E-state index is 13.7. The predicted molar refractivity (Wildman–Crippen MR) is 93.3 cm³/mol. The summed E-state index contributed by atoms with van der Waals surface area (Å²) in [5.41, 5.74) is -0.373. The molecule has 4 heterocycles. The van der Waals surface area contributed by atoms with Crippen LogP contribution in [0.3, 0.4) is 0 Å². The van der Waals surface area contributed by atoms with E-state index in [0.717, 1.165) is 11.3 Å². The molecule has 2 aromatic heterocycles. The summed E-state index contributed by atoms with van der Waals surface area (Å²) in [5, 5.41) is 0. The number of ether oxygens (including phenoxy) is 1. The molecule has 0 radical (unpaired) electrons. The Kier molecular flexibility index (Phi) is 4.77. The third-order valence-electron chi connectivity index (χ3n) is 5.08. The highest BCUT2D eigenvalue weighted by atomic mass is 19.4. The van der Waals surface area contributed by atoms with E-state index in [1.165, 1.54) is 16.8 Å². The lowest BCUT2D eigenvalue weighted by molar-refractivity contribution is -0.153. The van der Waals surface area contributed by atoms with Crippen LogP contribution in [-0.2, 0) is 17.8 Å². The van der Waals surface area contributed by atoms with Crippen LogP contribution >= 0.6 is 0 Å². The van der Waals surface area contributed by atoms with Gasteiger partial charge in [0.25, 0.3) is 5.56 Å². The third kappa shape index (κ3) is 3.46. The molecular weight excluding hydrogens is 379 g/mol. The van der Waals surface area contributed by atoms with Crippen molar-refractivity contribution < 1.29 is 22.3 Å². The SMILES string of the molecule is CC1COCCN1c1cc(=O)n2c(n1)N(Cc1cnco1)C(C(F)(F)F)CC2. The maximum Gasteiger partial charge on any atom is 0.408 e. The molecule has 0 bridgehead atoms. The first-order valence-electron chi connectivity index (χ1n) is 9.01. The van der Waals surface area contributed by atoms with Crippen LogP contribution < -0.4 is 15.4 Å². The number of nitrogens with zero attached hydrogens (tertiary/aromatic N) is 5. The Hall–Kier alpha value is -2.56. The fourth-order valence-corrected chi connectivity index (χ4v) is 3.68. The van der Waals surface area contributed by atoms with Gasteiger partial charge in [-0.2, -0.15) is 18.2 Å². The Morgan fingerprint density at radius 1 is 1.32 bits per heavy atom. The van der Waals surface area contributed by atoms with Gasteiger partial charge in [0.05, 0.1) is 32.0 Å². The highest BCUT2D eigenvalue weighted by molar-refractivity contribution is 5.47. The summed E-state index contributed by atoms with van der Waals surface area (Å²) in [6.45, 7) is 3.14. The van der Waals surface area contributed by atoms with E-state index in [4.69, 9.17) is 9.15 Å². The van der Waals surface area contributed by atoms with Gasteiger partial charge >= 0.3 is 6.18 Å². The monoisotopic (exact) mass is 399 g/mol. The topological polar surface area (TPSA) is 76.6 Å². The van der Waals surface area contributed by atoms with Gasteiger partial charge in [-0.15, -0.1) is 0 Å².